The van der Waals surface area contributed by atoms with Crippen LogP contribution >= 0.6 is 0 Å². The summed E-state index contributed by atoms with van der Waals surface area (Å²) in [6, 6.07) is 12.5. The lowest BCUT2D eigenvalue weighted by Gasteiger charge is -2.11. The average molecular weight is 315 g/mol. The highest BCUT2D eigenvalue weighted by molar-refractivity contribution is 5.73. The number of rotatable bonds is 6. The molecule has 0 aliphatic carbocycles. The van der Waals surface area contributed by atoms with Crippen molar-refractivity contribution in [1.29, 1.82) is 0 Å². The fraction of sp³-hybridized carbons (Fsp3) is 0.235. The van der Waals surface area contributed by atoms with Gasteiger partial charge in [0, 0.05) is 5.56 Å². The van der Waals surface area contributed by atoms with Crippen molar-refractivity contribution >= 4 is 11.7 Å². The number of ether oxygens (including phenoxy) is 2. The molecule has 0 radical (unpaired) electrons. The minimum absolute atomic E-state index is 0.0387. The number of hydrogen-bond donors (Lipinski definition) is 0. The number of nitro groups is 1. The van der Waals surface area contributed by atoms with E-state index in [1.807, 2.05) is 30.3 Å². The van der Waals surface area contributed by atoms with Crippen molar-refractivity contribution in [2.45, 2.75) is 20.0 Å². The van der Waals surface area contributed by atoms with Crippen molar-refractivity contribution in [3.8, 4) is 5.75 Å². The van der Waals surface area contributed by atoms with Gasteiger partial charge in [-0.2, -0.15) is 0 Å². The largest absolute Gasteiger partial charge is 0.482 e. The molecule has 2 aromatic rings. The number of nitro benzene ring substituents is 1. The van der Waals surface area contributed by atoms with Gasteiger partial charge in [-0.1, -0.05) is 30.3 Å². The number of carbonyl (C=O) groups is 1. The Bertz CT molecular complexity index is 712. The predicted octanol–water partition coefficient (Wildman–Crippen LogP) is 3.20. The number of esters is 1. The van der Waals surface area contributed by atoms with Crippen molar-refractivity contribution in [2.24, 2.45) is 0 Å². The lowest BCUT2D eigenvalue weighted by atomic mass is 10.1. The zero-order valence-corrected chi connectivity index (χ0v) is 12.9. The molecule has 0 aliphatic heterocycles. The number of aryl methyl sites for hydroxylation is 1. The van der Waals surface area contributed by atoms with Crippen LogP contribution in [0.2, 0.25) is 0 Å². The third-order valence-corrected chi connectivity index (χ3v) is 3.32. The molecule has 0 aliphatic rings. The summed E-state index contributed by atoms with van der Waals surface area (Å²) in [7, 11) is 1.30. The van der Waals surface area contributed by atoms with Crippen LogP contribution in [0.3, 0.4) is 0 Å². The lowest BCUT2D eigenvalue weighted by molar-refractivity contribution is -0.386. The second kappa shape index (κ2) is 7.40. The van der Waals surface area contributed by atoms with Crippen molar-refractivity contribution in [1.82, 2.24) is 0 Å². The molecule has 0 saturated carbocycles. The molecule has 0 aromatic heterocycles. The quantitative estimate of drug-likeness (QED) is 0.464. The van der Waals surface area contributed by atoms with E-state index in [0.717, 1.165) is 5.56 Å². The van der Waals surface area contributed by atoms with Crippen LogP contribution in [0.15, 0.2) is 42.5 Å². The fourth-order valence-corrected chi connectivity index (χ4v) is 2.24. The second-order valence-corrected chi connectivity index (χ2v) is 5.04. The van der Waals surface area contributed by atoms with Crippen LogP contribution in [-0.4, -0.2) is 18.0 Å². The van der Waals surface area contributed by atoms with Gasteiger partial charge in [-0.15, -0.1) is 0 Å². The van der Waals surface area contributed by atoms with E-state index in [4.69, 9.17) is 4.74 Å². The van der Waals surface area contributed by atoms with Crippen LogP contribution in [0.25, 0.3) is 0 Å². The van der Waals surface area contributed by atoms with Gasteiger partial charge in [0.2, 0.25) is 0 Å². The van der Waals surface area contributed by atoms with Gasteiger partial charge in [0.1, 0.15) is 6.61 Å². The number of benzene rings is 2. The molecule has 0 atom stereocenters. The number of carbonyl (C=O) groups excluding carboxylic acids is 1. The molecule has 6 heteroatoms. The summed E-state index contributed by atoms with van der Waals surface area (Å²) >= 11 is 0. The third kappa shape index (κ3) is 4.29. The molecule has 0 saturated heterocycles. The Labute approximate surface area is 133 Å². The normalized spacial score (nSPS) is 10.2. The fourth-order valence-electron chi connectivity index (χ4n) is 2.24. The van der Waals surface area contributed by atoms with E-state index in [0.29, 0.717) is 11.1 Å². The van der Waals surface area contributed by atoms with Gasteiger partial charge in [0.05, 0.1) is 18.5 Å². The van der Waals surface area contributed by atoms with E-state index in [-0.39, 0.29) is 24.5 Å². The Morgan fingerprint density at radius 3 is 2.48 bits per heavy atom. The summed E-state index contributed by atoms with van der Waals surface area (Å²) in [5.41, 5.74) is 1.87. The maximum absolute atomic E-state index is 11.4. The highest BCUT2D eigenvalue weighted by Crippen LogP contribution is 2.33. The maximum Gasteiger partial charge on any atom is 0.313 e. The topological polar surface area (TPSA) is 78.7 Å². The Balaban J connectivity index is 2.30. The first-order valence-electron chi connectivity index (χ1n) is 7.02. The molecule has 0 fully saturated rings. The zero-order chi connectivity index (χ0) is 16.8. The Hall–Kier alpha value is -2.89. The molecule has 0 bridgehead atoms. The van der Waals surface area contributed by atoms with Crippen LogP contribution in [0.5, 0.6) is 5.75 Å². The van der Waals surface area contributed by atoms with Gasteiger partial charge in [-0.25, -0.2) is 0 Å². The van der Waals surface area contributed by atoms with E-state index in [2.05, 4.69) is 4.74 Å². The van der Waals surface area contributed by atoms with Crippen molar-refractivity contribution in [3.63, 3.8) is 0 Å². The minimum Gasteiger partial charge on any atom is -0.482 e. The van der Waals surface area contributed by atoms with E-state index in [9.17, 15) is 14.9 Å². The smallest absolute Gasteiger partial charge is 0.313 e. The second-order valence-electron chi connectivity index (χ2n) is 5.04. The van der Waals surface area contributed by atoms with E-state index in [1.165, 1.54) is 13.2 Å². The predicted molar refractivity (Wildman–Crippen MR) is 84.3 cm³/mol. The zero-order valence-electron chi connectivity index (χ0n) is 12.9. The highest BCUT2D eigenvalue weighted by atomic mass is 16.6. The summed E-state index contributed by atoms with van der Waals surface area (Å²) in [4.78, 5) is 22.2. The van der Waals surface area contributed by atoms with Crippen LogP contribution in [0.1, 0.15) is 16.7 Å². The van der Waals surface area contributed by atoms with Gasteiger partial charge in [-0.05, 0) is 30.2 Å². The summed E-state index contributed by atoms with van der Waals surface area (Å²) in [6.45, 7) is 1.83. The first kappa shape index (κ1) is 16.5. The molecule has 0 amide bonds. The summed E-state index contributed by atoms with van der Waals surface area (Å²) in [5.74, 6) is -0.259. The Morgan fingerprint density at radius 1 is 1.17 bits per heavy atom. The van der Waals surface area contributed by atoms with Gasteiger partial charge in [0.15, 0.2) is 5.75 Å². The molecule has 23 heavy (non-hydrogen) atoms. The van der Waals surface area contributed by atoms with E-state index >= 15 is 0 Å². The van der Waals surface area contributed by atoms with Crippen molar-refractivity contribution in [2.75, 3.05) is 7.11 Å². The van der Waals surface area contributed by atoms with Crippen LogP contribution in [0, 0.1) is 17.0 Å². The first-order chi connectivity index (χ1) is 11.0. The van der Waals surface area contributed by atoms with Crippen LogP contribution in [-0.2, 0) is 22.6 Å². The monoisotopic (exact) mass is 315 g/mol. The average Bonchev–Trinajstić information content (AvgIpc) is 2.53. The third-order valence-electron chi connectivity index (χ3n) is 3.32. The molecular weight excluding hydrogens is 298 g/mol. The maximum atomic E-state index is 11.4. The SMILES string of the molecule is COC(=O)Cc1cc(C)c([N+](=O)[O-])c(OCc2ccccc2)c1. The van der Waals surface area contributed by atoms with Gasteiger partial charge >= 0.3 is 11.7 Å². The summed E-state index contributed by atoms with van der Waals surface area (Å²) in [5, 5.41) is 11.3. The molecule has 0 spiro atoms. The minimum atomic E-state index is -0.475. The number of methoxy groups -OCH3 is 1. The molecule has 2 rings (SSSR count). The van der Waals surface area contributed by atoms with E-state index < -0.39 is 10.9 Å². The van der Waals surface area contributed by atoms with Gasteiger partial charge in [0.25, 0.3) is 0 Å². The van der Waals surface area contributed by atoms with Crippen molar-refractivity contribution < 1.29 is 19.2 Å². The molecule has 0 heterocycles. The molecule has 120 valence electrons. The molecular formula is C17H17NO5. The van der Waals surface area contributed by atoms with Crippen LogP contribution in [0.4, 0.5) is 5.69 Å². The summed E-state index contributed by atoms with van der Waals surface area (Å²) < 4.78 is 10.3. The molecule has 0 unspecified atom stereocenters. The van der Waals surface area contributed by atoms with Gasteiger partial charge < -0.3 is 9.47 Å². The molecule has 0 N–H and O–H groups in total. The lowest BCUT2D eigenvalue weighted by Crippen LogP contribution is -2.07. The highest BCUT2D eigenvalue weighted by Gasteiger charge is 2.21. The Morgan fingerprint density at radius 2 is 1.87 bits per heavy atom. The van der Waals surface area contributed by atoms with Gasteiger partial charge in [-0.3, -0.25) is 14.9 Å². The standard InChI is InChI=1S/C17H17NO5/c1-12-8-14(10-16(19)22-2)9-15(17(12)18(20)21)23-11-13-6-4-3-5-7-13/h3-9H,10-11H2,1-2H3. The first-order valence-corrected chi connectivity index (χ1v) is 7.02. The Kier molecular flexibility index (Phi) is 5.30. The van der Waals surface area contributed by atoms with E-state index in [1.54, 1.807) is 13.0 Å². The number of nitrogens with zero attached hydrogens (tertiary/aromatic N) is 1. The number of hydrogen-bond acceptors (Lipinski definition) is 5. The molecule has 6 nitrogen and oxygen atoms in total. The summed E-state index contributed by atoms with van der Waals surface area (Å²) in [6.07, 6.45) is 0.0387. The van der Waals surface area contributed by atoms with Crippen LogP contribution < -0.4 is 4.74 Å². The molecule has 2 aromatic carbocycles. The van der Waals surface area contributed by atoms with Crippen molar-refractivity contribution in [3.05, 3.63) is 69.3 Å².